The van der Waals surface area contributed by atoms with Gasteiger partial charge in [0.2, 0.25) is 0 Å². The first kappa shape index (κ1) is 21.0. The molecule has 4 unspecified atom stereocenters. The Balaban J connectivity index is 0.00000218. The average molecular weight is 430 g/mol. The van der Waals surface area contributed by atoms with Gasteiger partial charge >= 0.3 is 0 Å². The molecule has 2 aliphatic carbocycles. The minimum absolute atomic E-state index is 0. The maximum absolute atomic E-state index is 12.8. The van der Waals surface area contributed by atoms with Gasteiger partial charge in [0, 0.05) is 52.6 Å². The number of benzene rings is 1. The Labute approximate surface area is 181 Å². The minimum Gasteiger partial charge on any atom is -0.487 e. The molecular weight excluding hydrogens is 402 g/mol. The maximum Gasteiger partial charge on any atom is 0.169 e. The second-order valence-electron chi connectivity index (χ2n) is 8.38. The molecule has 0 saturated heterocycles. The molecule has 5 rings (SSSR count). The van der Waals surface area contributed by atoms with Crippen LogP contribution in [-0.2, 0) is 6.42 Å². The van der Waals surface area contributed by atoms with Gasteiger partial charge in [0.1, 0.15) is 18.0 Å². The van der Waals surface area contributed by atoms with Crippen molar-refractivity contribution in [2.24, 2.45) is 5.92 Å². The van der Waals surface area contributed by atoms with E-state index in [9.17, 15) is 9.90 Å². The highest BCUT2D eigenvalue weighted by Gasteiger charge is 2.37. The molecule has 2 aliphatic rings. The van der Waals surface area contributed by atoms with Crippen molar-refractivity contribution < 1.29 is 14.6 Å². The Morgan fingerprint density at radius 1 is 1.23 bits per heavy atom. The van der Waals surface area contributed by atoms with Crippen LogP contribution in [0.1, 0.15) is 41.0 Å². The van der Waals surface area contributed by atoms with E-state index in [0.717, 1.165) is 59.3 Å². The number of halogens is 1. The van der Waals surface area contributed by atoms with E-state index in [1.165, 1.54) is 0 Å². The fourth-order valence-electron chi connectivity index (χ4n) is 4.84. The summed E-state index contributed by atoms with van der Waals surface area (Å²) in [5.41, 5.74) is 3.98. The van der Waals surface area contributed by atoms with E-state index in [-0.39, 0.29) is 36.3 Å². The van der Waals surface area contributed by atoms with Gasteiger partial charge in [-0.2, -0.15) is 0 Å². The molecule has 0 radical (unpaired) electrons. The predicted molar refractivity (Wildman–Crippen MR) is 119 cm³/mol. The molecule has 160 valence electrons. The first-order valence-corrected chi connectivity index (χ1v) is 10.5. The number of aliphatic hydroxyl groups is 1. The molecule has 1 saturated carbocycles. The Morgan fingerprint density at radius 3 is 2.97 bits per heavy atom. The summed E-state index contributed by atoms with van der Waals surface area (Å²) in [6, 6.07) is 9.81. The van der Waals surface area contributed by atoms with Crippen LogP contribution in [-0.4, -0.2) is 45.7 Å². The lowest BCUT2D eigenvalue weighted by Gasteiger charge is -2.25. The number of aromatic amines is 2. The Kier molecular flexibility index (Phi) is 5.91. The summed E-state index contributed by atoms with van der Waals surface area (Å²) in [7, 11) is 0. The van der Waals surface area contributed by atoms with E-state index in [1.54, 1.807) is 0 Å². The van der Waals surface area contributed by atoms with E-state index in [0.29, 0.717) is 6.54 Å². The fourth-order valence-corrected chi connectivity index (χ4v) is 4.84. The maximum atomic E-state index is 12.8. The first-order valence-electron chi connectivity index (χ1n) is 10.5. The van der Waals surface area contributed by atoms with Crippen LogP contribution in [0.5, 0.6) is 5.75 Å². The van der Waals surface area contributed by atoms with E-state index in [2.05, 4.69) is 15.3 Å². The van der Waals surface area contributed by atoms with Crippen molar-refractivity contribution in [3.8, 4) is 5.75 Å². The van der Waals surface area contributed by atoms with E-state index < -0.39 is 6.10 Å². The van der Waals surface area contributed by atoms with Crippen LogP contribution in [0, 0.1) is 12.8 Å². The van der Waals surface area contributed by atoms with Gasteiger partial charge in [0.25, 0.3) is 0 Å². The molecule has 3 aromatic rings. The highest BCUT2D eigenvalue weighted by molar-refractivity contribution is 6.00. The molecule has 4 N–H and O–H groups in total. The highest BCUT2D eigenvalue weighted by Crippen LogP contribution is 2.31. The fraction of sp³-hybridized carbons (Fsp3) is 0.435. The molecule has 2 aromatic heterocycles. The van der Waals surface area contributed by atoms with Crippen molar-refractivity contribution in [3.63, 3.8) is 0 Å². The van der Waals surface area contributed by atoms with Gasteiger partial charge in [0.15, 0.2) is 5.78 Å². The summed E-state index contributed by atoms with van der Waals surface area (Å²) < 4.78 is 6.17. The smallest absolute Gasteiger partial charge is 0.169 e. The molecule has 0 amide bonds. The monoisotopic (exact) mass is 429 g/mol. The lowest BCUT2D eigenvalue weighted by Crippen LogP contribution is -2.44. The Morgan fingerprint density at radius 2 is 2.10 bits per heavy atom. The number of aryl methyl sites for hydroxylation is 2. The van der Waals surface area contributed by atoms with Crippen molar-refractivity contribution in [2.45, 2.75) is 50.9 Å². The molecule has 7 heteroatoms. The van der Waals surface area contributed by atoms with Crippen molar-refractivity contribution in [2.75, 3.05) is 6.54 Å². The number of Topliss-reactive ketones (excluding diaryl/α,β-unsaturated/α-hetero) is 1. The number of rotatable bonds is 5. The number of carbonyl (C=O) groups excluding carboxylic acids is 1. The number of nitrogens with one attached hydrogen (secondary N) is 3. The number of fused-ring (bicyclic) bond motifs is 2. The molecule has 0 bridgehead atoms. The average Bonchev–Trinajstić information content (AvgIpc) is 3.42. The van der Waals surface area contributed by atoms with Crippen molar-refractivity contribution in [3.05, 3.63) is 53.5 Å². The molecule has 1 fully saturated rings. The topological polar surface area (TPSA) is 90.1 Å². The number of hydrogen-bond acceptors (Lipinski definition) is 4. The third-order valence-electron chi connectivity index (χ3n) is 6.43. The lowest BCUT2D eigenvalue weighted by molar-refractivity contribution is 0.0450. The number of aromatic nitrogens is 2. The Bertz CT molecular complexity index is 1040. The summed E-state index contributed by atoms with van der Waals surface area (Å²) >= 11 is 0. The van der Waals surface area contributed by atoms with Gasteiger partial charge < -0.3 is 25.1 Å². The largest absolute Gasteiger partial charge is 0.487 e. The molecule has 4 atom stereocenters. The van der Waals surface area contributed by atoms with E-state index in [1.807, 2.05) is 43.5 Å². The molecular formula is C23H28ClN3O3. The SMILES string of the molecule is Cc1cc2c([nH]1)CCC(CNC1CCC(Oc3cccc4[nH]ccc34)C1O)C2=O.Cl. The van der Waals surface area contributed by atoms with Gasteiger partial charge in [-0.3, -0.25) is 4.79 Å². The number of ether oxygens (including phenoxy) is 1. The number of H-pyrrole nitrogens is 2. The first-order chi connectivity index (χ1) is 14.1. The van der Waals surface area contributed by atoms with Crippen LogP contribution >= 0.6 is 12.4 Å². The highest BCUT2D eigenvalue weighted by atomic mass is 35.5. The quantitative estimate of drug-likeness (QED) is 0.499. The van der Waals surface area contributed by atoms with E-state index >= 15 is 0 Å². The summed E-state index contributed by atoms with van der Waals surface area (Å²) in [6.45, 7) is 2.59. The zero-order valence-electron chi connectivity index (χ0n) is 17.0. The van der Waals surface area contributed by atoms with Crippen molar-refractivity contribution in [1.29, 1.82) is 0 Å². The summed E-state index contributed by atoms with van der Waals surface area (Å²) in [5.74, 6) is 0.979. The normalized spacial score (nSPS) is 25.9. The summed E-state index contributed by atoms with van der Waals surface area (Å²) in [5, 5.41) is 15.3. The molecule has 1 aromatic carbocycles. The van der Waals surface area contributed by atoms with Gasteiger partial charge in [-0.15, -0.1) is 12.4 Å². The van der Waals surface area contributed by atoms with Gasteiger partial charge in [-0.05, 0) is 56.9 Å². The van der Waals surface area contributed by atoms with Crippen LogP contribution in [0.2, 0.25) is 0 Å². The number of hydrogen-bond donors (Lipinski definition) is 4. The third kappa shape index (κ3) is 3.75. The van der Waals surface area contributed by atoms with Crippen LogP contribution in [0.25, 0.3) is 10.9 Å². The number of carbonyl (C=O) groups is 1. The molecule has 30 heavy (non-hydrogen) atoms. The third-order valence-corrected chi connectivity index (χ3v) is 6.43. The van der Waals surface area contributed by atoms with Crippen LogP contribution in [0.15, 0.2) is 36.5 Å². The van der Waals surface area contributed by atoms with Crippen molar-refractivity contribution >= 4 is 29.1 Å². The molecule has 0 aliphatic heterocycles. The summed E-state index contributed by atoms with van der Waals surface area (Å²) in [4.78, 5) is 19.2. The zero-order valence-corrected chi connectivity index (χ0v) is 17.8. The number of aliphatic hydroxyl groups excluding tert-OH is 1. The van der Waals surface area contributed by atoms with Crippen LogP contribution < -0.4 is 10.1 Å². The standard InChI is InChI=1S/C23H27N3O3.ClH/c1-13-11-16-18(26-13)6-5-14(22(16)27)12-25-19-7-8-21(23(19)28)29-20-4-2-3-17-15(20)9-10-24-17;/h2-4,9-11,14,19,21,23-26,28H,5-8,12H2,1H3;1H. The lowest BCUT2D eigenvalue weighted by atomic mass is 9.86. The number of ketones is 1. The molecule has 6 nitrogen and oxygen atoms in total. The van der Waals surface area contributed by atoms with Crippen LogP contribution in [0.4, 0.5) is 0 Å². The second kappa shape index (κ2) is 8.46. The predicted octanol–water partition coefficient (Wildman–Crippen LogP) is 3.53. The van der Waals surface area contributed by atoms with Gasteiger partial charge in [-0.25, -0.2) is 0 Å². The minimum atomic E-state index is -0.590. The zero-order chi connectivity index (χ0) is 20.0. The summed E-state index contributed by atoms with van der Waals surface area (Å²) in [6.07, 6.45) is 4.44. The van der Waals surface area contributed by atoms with Crippen LogP contribution in [0.3, 0.4) is 0 Å². The van der Waals surface area contributed by atoms with Gasteiger partial charge in [0.05, 0.1) is 0 Å². The van der Waals surface area contributed by atoms with Gasteiger partial charge in [-0.1, -0.05) is 6.07 Å². The van der Waals surface area contributed by atoms with E-state index in [4.69, 9.17) is 4.74 Å². The molecule has 0 spiro atoms. The second-order valence-corrected chi connectivity index (χ2v) is 8.38. The van der Waals surface area contributed by atoms with Crippen molar-refractivity contribution in [1.82, 2.24) is 15.3 Å². The molecule has 2 heterocycles. The Hall–Kier alpha value is -2.28.